The van der Waals surface area contributed by atoms with Crippen LogP contribution < -0.4 is 16.6 Å². The predicted molar refractivity (Wildman–Crippen MR) is 80.3 cm³/mol. The summed E-state index contributed by atoms with van der Waals surface area (Å²) >= 11 is 0. The van der Waals surface area contributed by atoms with Gasteiger partial charge in [-0.15, -0.1) is 0 Å². The van der Waals surface area contributed by atoms with Crippen LogP contribution >= 0.6 is 0 Å². The number of nitrogen functional groups attached to an aromatic ring is 1. The van der Waals surface area contributed by atoms with Crippen molar-refractivity contribution in [2.45, 2.75) is 32.5 Å². The van der Waals surface area contributed by atoms with Gasteiger partial charge in [0.25, 0.3) is 0 Å². The summed E-state index contributed by atoms with van der Waals surface area (Å²) in [6.07, 6.45) is 1.77. The number of amides is 1. The first-order chi connectivity index (χ1) is 10.1. The first kappa shape index (κ1) is 15.7. The highest BCUT2D eigenvalue weighted by Gasteiger charge is 2.29. The van der Waals surface area contributed by atoms with E-state index in [1.165, 1.54) is 0 Å². The van der Waals surface area contributed by atoms with Gasteiger partial charge in [-0.1, -0.05) is 6.07 Å². The van der Waals surface area contributed by atoms with Crippen molar-refractivity contribution in [1.82, 2.24) is 15.2 Å². The Hall–Kier alpha value is -1.70. The van der Waals surface area contributed by atoms with E-state index in [4.69, 9.17) is 10.6 Å². The molecule has 1 fully saturated rings. The van der Waals surface area contributed by atoms with Crippen molar-refractivity contribution >= 4 is 11.7 Å². The number of aromatic nitrogens is 1. The molecule has 1 unspecified atom stereocenters. The second-order valence-corrected chi connectivity index (χ2v) is 5.42. The van der Waals surface area contributed by atoms with Gasteiger partial charge in [0, 0.05) is 25.3 Å². The molecule has 0 spiro atoms. The van der Waals surface area contributed by atoms with Crippen molar-refractivity contribution < 1.29 is 9.53 Å². The minimum Gasteiger partial charge on any atom is -0.378 e. The van der Waals surface area contributed by atoms with Gasteiger partial charge in [0.05, 0.1) is 13.2 Å². The molecule has 21 heavy (non-hydrogen) atoms. The topological polar surface area (TPSA) is 92.5 Å². The van der Waals surface area contributed by atoms with Gasteiger partial charge in [-0.05, 0) is 25.5 Å². The number of hydrogen-bond donors (Lipinski definition) is 3. The zero-order valence-electron chi connectivity index (χ0n) is 12.5. The van der Waals surface area contributed by atoms with E-state index in [1.807, 2.05) is 26.0 Å². The fraction of sp³-hybridized carbons (Fsp3) is 0.571. The lowest BCUT2D eigenvalue weighted by Crippen LogP contribution is -2.54. The van der Waals surface area contributed by atoms with Crippen LogP contribution in [0.1, 0.15) is 19.4 Å². The number of nitrogens with two attached hydrogens (primary N) is 1. The summed E-state index contributed by atoms with van der Waals surface area (Å²) in [5, 5.41) is 2.94. The number of rotatable bonds is 5. The van der Waals surface area contributed by atoms with Crippen molar-refractivity contribution in [3.8, 4) is 0 Å². The molecule has 1 atom stereocenters. The average molecular weight is 293 g/mol. The third kappa shape index (κ3) is 4.38. The molecule has 0 aromatic carbocycles. The predicted octanol–water partition coefficient (Wildman–Crippen LogP) is 0.0926. The SMILES string of the molecule is CC(C)NC(=O)C1COCCN1Cc1ccc(NN)nc1. The van der Waals surface area contributed by atoms with Gasteiger partial charge in [-0.2, -0.15) is 0 Å². The Balaban J connectivity index is 2.02. The molecule has 1 amide bonds. The normalized spacial score (nSPS) is 19.5. The second kappa shape index (κ2) is 7.35. The van der Waals surface area contributed by atoms with E-state index in [1.54, 1.807) is 6.20 Å². The van der Waals surface area contributed by atoms with Gasteiger partial charge in [0.15, 0.2) is 0 Å². The number of morpholine rings is 1. The molecule has 7 heteroatoms. The molecule has 1 saturated heterocycles. The van der Waals surface area contributed by atoms with Crippen molar-refractivity contribution in [3.05, 3.63) is 23.9 Å². The fourth-order valence-electron chi connectivity index (χ4n) is 2.29. The number of carbonyl (C=O) groups is 1. The fourth-order valence-corrected chi connectivity index (χ4v) is 2.29. The van der Waals surface area contributed by atoms with Crippen molar-refractivity contribution in [2.24, 2.45) is 5.84 Å². The standard InChI is InChI=1S/C14H23N5O2/c1-10(2)17-14(20)12-9-21-6-5-19(12)8-11-3-4-13(18-15)16-7-11/h3-4,7,10,12H,5-6,8-9,15H2,1-2H3,(H,16,18)(H,17,20). The highest BCUT2D eigenvalue weighted by molar-refractivity contribution is 5.82. The largest absolute Gasteiger partial charge is 0.378 e. The summed E-state index contributed by atoms with van der Waals surface area (Å²) in [6.45, 7) is 6.36. The van der Waals surface area contributed by atoms with Gasteiger partial charge < -0.3 is 15.5 Å². The maximum atomic E-state index is 12.2. The van der Waals surface area contributed by atoms with Crippen LogP contribution in [0, 0.1) is 0 Å². The minimum atomic E-state index is -0.256. The lowest BCUT2D eigenvalue weighted by molar-refractivity contribution is -0.133. The van der Waals surface area contributed by atoms with E-state index < -0.39 is 0 Å². The summed E-state index contributed by atoms with van der Waals surface area (Å²) in [7, 11) is 0. The molecule has 1 aliphatic rings. The molecule has 0 aliphatic carbocycles. The Bertz CT molecular complexity index is 463. The first-order valence-corrected chi connectivity index (χ1v) is 7.14. The third-order valence-corrected chi connectivity index (χ3v) is 3.33. The molecule has 2 heterocycles. The molecule has 4 N–H and O–H groups in total. The first-order valence-electron chi connectivity index (χ1n) is 7.14. The van der Waals surface area contributed by atoms with Crippen LogP contribution in [-0.2, 0) is 16.1 Å². The molecular weight excluding hydrogens is 270 g/mol. The van der Waals surface area contributed by atoms with Gasteiger partial charge in [-0.25, -0.2) is 10.8 Å². The Morgan fingerprint density at radius 3 is 3.00 bits per heavy atom. The van der Waals surface area contributed by atoms with Gasteiger partial charge in [0.2, 0.25) is 5.91 Å². The monoisotopic (exact) mass is 293 g/mol. The molecule has 116 valence electrons. The Morgan fingerprint density at radius 2 is 2.38 bits per heavy atom. The van der Waals surface area contributed by atoms with Crippen LogP contribution in [-0.4, -0.2) is 47.6 Å². The lowest BCUT2D eigenvalue weighted by Gasteiger charge is -2.34. The van der Waals surface area contributed by atoms with Gasteiger partial charge >= 0.3 is 0 Å². The summed E-state index contributed by atoms with van der Waals surface area (Å²) in [4.78, 5) is 18.5. The van der Waals surface area contributed by atoms with E-state index in [-0.39, 0.29) is 18.0 Å². The number of nitrogens with zero attached hydrogens (tertiary/aromatic N) is 2. The Morgan fingerprint density at radius 1 is 1.57 bits per heavy atom. The molecule has 7 nitrogen and oxygen atoms in total. The third-order valence-electron chi connectivity index (χ3n) is 3.33. The summed E-state index contributed by atoms with van der Waals surface area (Å²) in [6, 6.07) is 3.64. The van der Waals surface area contributed by atoms with E-state index in [0.717, 1.165) is 12.1 Å². The van der Waals surface area contributed by atoms with E-state index in [9.17, 15) is 4.79 Å². The maximum Gasteiger partial charge on any atom is 0.239 e. The number of pyridine rings is 1. The number of hydrogen-bond acceptors (Lipinski definition) is 6. The number of hydrazine groups is 1. The van der Waals surface area contributed by atoms with Crippen LogP contribution in [0.2, 0.25) is 0 Å². The summed E-state index contributed by atoms with van der Waals surface area (Å²) < 4.78 is 5.44. The van der Waals surface area contributed by atoms with Crippen LogP contribution in [0.15, 0.2) is 18.3 Å². The van der Waals surface area contributed by atoms with Crippen LogP contribution in [0.5, 0.6) is 0 Å². The van der Waals surface area contributed by atoms with E-state index in [2.05, 4.69) is 20.6 Å². The molecular formula is C14H23N5O2. The lowest BCUT2D eigenvalue weighted by atomic mass is 10.1. The van der Waals surface area contributed by atoms with Crippen LogP contribution in [0.4, 0.5) is 5.82 Å². The van der Waals surface area contributed by atoms with E-state index in [0.29, 0.717) is 25.6 Å². The average Bonchev–Trinajstić information content (AvgIpc) is 2.48. The molecule has 1 aromatic heterocycles. The van der Waals surface area contributed by atoms with Crippen LogP contribution in [0.3, 0.4) is 0 Å². The van der Waals surface area contributed by atoms with Crippen molar-refractivity contribution in [3.63, 3.8) is 0 Å². The Labute approximate surface area is 124 Å². The molecule has 2 rings (SSSR count). The number of nitrogens with one attached hydrogen (secondary N) is 2. The van der Waals surface area contributed by atoms with Crippen molar-refractivity contribution in [1.29, 1.82) is 0 Å². The van der Waals surface area contributed by atoms with Gasteiger partial charge in [0.1, 0.15) is 11.9 Å². The Kier molecular flexibility index (Phi) is 5.49. The smallest absolute Gasteiger partial charge is 0.239 e. The summed E-state index contributed by atoms with van der Waals surface area (Å²) in [5.41, 5.74) is 3.54. The molecule has 0 bridgehead atoms. The zero-order chi connectivity index (χ0) is 15.2. The molecule has 0 radical (unpaired) electrons. The molecule has 1 aliphatic heterocycles. The van der Waals surface area contributed by atoms with Gasteiger partial charge in [-0.3, -0.25) is 9.69 Å². The molecule has 0 saturated carbocycles. The number of anilines is 1. The van der Waals surface area contributed by atoms with Crippen molar-refractivity contribution in [2.75, 3.05) is 25.2 Å². The number of ether oxygens (including phenoxy) is 1. The second-order valence-electron chi connectivity index (χ2n) is 5.42. The van der Waals surface area contributed by atoms with Crippen LogP contribution in [0.25, 0.3) is 0 Å². The summed E-state index contributed by atoms with van der Waals surface area (Å²) in [5.74, 6) is 5.93. The molecule has 1 aromatic rings. The highest BCUT2D eigenvalue weighted by Crippen LogP contribution is 2.13. The quantitative estimate of drug-likeness (QED) is 0.526. The van der Waals surface area contributed by atoms with E-state index >= 15 is 0 Å². The minimum absolute atomic E-state index is 0.0119. The highest BCUT2D eigenvalue weighted by atomic mass is 16.5. The zero-order valence-corrected chi connectivity index (χ0v) is 12.5. The number of carbonyl (C=O) groups excluding carboxylic acids is 1. The maximum absolute atomic E-state index is 12.2.